The molecule has 4 aliphatic carbocycles. The van der Waals surface area contributed by atoms with Crippen molar-refractivity contribution in [2.75, 3.05) is 0 Å². The first-order valence-electron chi connectivity index (χ1n) is 9.85. The number of nitrogens with one attached hydrogen (secondary N) is 3. The van der Waals surface area contributed by atoms with E-state index in [0.29, 0.717) is 0 Å². The summed E-state index contributed by atoms with van der Waals surface area (Å²) in [7, 11) is 0. The first-order valence-corrected chi connectivity index (χ1v) is 9.85. The molecule has 5 rings (SSSR count). The fraction of sp³-hybridized carbons (Fsp3) is 0.700. The fourth-order valence-electron chi connectivity index (χ4n) is 5.83. The van der Waals surface area contributed by atoms with E-state index < -0.39 is 6.04 Å². The quantitative estimate of drug-likeness (QED) is 0.754. The van der Waals surface area contributed by atoms with Crippen molar-refractivity contribution in [2.45, 2.75) is 70.0 Å². The zero-order valence-electron chi connectivity index (χ0n) is 15.6. The summed E-state index contributed by atoms with van der Waals surface area (Å²) in [6.07, 6.45) is 8.81. The molecular weight excluding hydrogens is 330 g/mol. The number of imide groups is 1. The smallest absolute Gasteiger partial charge is 0.321 e. The van der Waals surface area contributed by atoms with Gasteiger partial charge in [0.2, 0.25) is 5.91 Å². The first-order chi connectivity index (χ1) is 12.4. The second kappa shape index (κ2) is 6.72. The molecule has 4 saturated carbocycles. The lowest BCUT2D eigenvalue weighted by molar-refractivity contribution is -0.121. The molecule has 0 aromatic carbocycles. The van der Waals surface area contributed by atoms with Gasteiger partial charge in [-0.3, -0.25) is 15.4 Å². The van der Waals surface area contributed by atoms with Gasteiger partial charge in [0.1, 0.15) is 5.76 Å². The molecule has 142 valence electrons. The topological polar surface area (TPSA) is 83.4 Å². The van der Waals surface area contributed by atoms with Crippen LogP contribution in [0.1, 0.15) is 64.2 Å². The molecule has 0 radical (unpaired) electrons. The minimum Gasteiger partial charge on any atom is -0.468 e. The molecule has 1 heterocycles. The SMILES string of the molecule is C[C@H](N[C@@H](C)c1ccco1)C(=O)NC(=O)NC12CC3CC(CC(C3)C1)C2. The Morgan fingerprint density at radius 3 is 2.27 bits per heavy atom. The van der Waals surface area contributed by atoms with E-state index in [9.17, 15) is 9.59 Å². The van der Waals surface area contributed by atoms with Gasteiger partial charge in [-0.25, -0.2) is 4.79 Å². The summed E-state index contributed by atoms with van der Waals surface area (Å²) < 4.78 is 5.34. The van der Waals surface area contributed by atoms with E-state index in [4.69, 9.17) is 4.42 Å². The average molecular weight is 359 g/mol. The number of furan rings is 1. The predicted molar refractivity (Wildman–Crippen MR) is 97.3 cm³/mol. The zero-order chi connectivity index (χ0) is 18.3. The maximum Gasteiger partial charge on any atom is 0.321 e. The van der Waals surface area contributed by atoms with E-state index >= 15 is 0 Å². The van der Waals surface area contributed by atoms with Gasteiger partial charge in [0, 0.05) is 5.54 Å². The van der Waals surface area contributed by atoms with Crippen LogP contribution < -0.4 is 16.0 Å². The van der Waals surface area contributed by atoms with E-state index in [-0.39, 0.29) is 23.5 Å². The second-order valence-corrected chi connectivity index (χ2v) is 8.77. The van der Waals surface area contributed by atoms with E-state index in [0.717, 1.165) is 42.8 Å². The van der Waals surface area contributed by atoms with Crippen LogP contribution in [0.2, 0.25) is 0 Å². The molecule has 0 aliphatic heterocycles. The Balaban J connectivity index is 1.30. The molecule has 6 heteroatoms. The Morgan fingerprint density at radius 1 is 1.12 bits per heavy atom. The highest BCUT2D eigenvalue weighted by atomic mass is 16.3. The van der Waals surface area contributed by atoms with Gasteiger partial charge in [-0.1, -0.05) is 0 Å². The molecule has 0 unspecified atom stereocenters. The zero-order valence-corrected chi connectivity index (χ0v) is 15.6. The minimum absolute atomic E-state index is 0.0861. The van der Waals surface area contributed by atoms with Gasteiger partial charge in [-0.15, -0.1) is 0 Å². The van der Waals surface area contributed by atoms with Crippen LogP contribution in [-0.2, 0) is 4.79 Å². The first kappa shape index (κ1) is 17.6. The average Bonchev–Trinajstić information content (AvgIpc) is 3.07. The Labute approximate surface area is 154 Å². The van der Waals surface area contributed by atoms with Crippen molar-refractivity contribution in [1.29, 1.82) is 0 Å². The lowest BCUT2D eigenvalue weighted by atomic mass is 9.53. The molecule has 0 spiro atoms. The van der Waals surface area contributed by atoms with Crippen molar-refractivity contribution in [2.24, 2.45) is 17.8 Å². The summed E-state index contributed by atoms with van der Waals surface area (Å²) in [5.74, 6) is 2.72. The number of rotatable bonds is 5. The van der Waals surface area contributed by atoms with Crippen molar-refractivity contribution in [1.82, 2.24) is 16.0 Å². The highest BCUT2D eigenvalue weighted by molar-refractivity contribution is 5.97. The maximum absolute atomic E-state index is 12.5. The molecule has 3 N–H and O–H groups in total. The molecule has 4 fully saturated rings. The molecule has 3 amide bonds. The third kappa shape index (κ3) is 3.52. The molecule has 1 aromatic rings. The van der Waals surface area contributed by atoms with Crippen LogP contribution in [0, 0.1) is 17.8 Å². The second-order valence-electron chi connectivity index (χ2n) is 8.77. The lowest BCUT2D eigenvalue weighted by Crippen LogP contribution is -2.62. The van der Waals surface area contributed by atoms with Gasteiger partial charge in [0.25, 0.3) is 0 Å². The molecule has 6 nitrogen and oxygen atoms in total. The molecular formula is C20H29N3O3. The van der Waals surface area contributed by atoms with E-state index in [2.05, 4.69) is 16.0 Å². The number of carbonyl (C=O) groups is 2. The van der Waals surface area contributed by atoms with Crippen LogP contribution in [0.25, 0.3) is 0 Å². The van der Waals surface area contributed by atoms with Crippen molar-refractivity contribution in [3.05, 3.63) is 24.2 Å². The van der Waals surface area contributed by atoms with Crippen LogP contribution in [0.5, 0.6) is 0 Å². The molecule has 4 aliphatic rings. The molecule has 0 saturated heterocycles. The van der Waals surface area contributed by atoms with Gasteiger partial charge in [-0.05, 0) is 82.3 Å². The largest absolute Gasteiger partial charge is 0.468 e. The lowest BCUT2D eigenvalue weighted by Gasteiger charge is -2.56. The number of carbonyl (C=O) groups excluding carboxylic acids is 2. The molecule has 4 bridgehead atoms. The summed E-state index contributed by atoms with van der Waals surface area (Å²) in [6.45, 7) is 3.69. The highest BCUT2D eigenvalue weighted by Gasteiger charge is 2.51. The Bertz CT molecular complexity index is 635. The monoisotopic (exact) mass is 359 g/mol. The van der Waals surface area contributed by atoms with Crippen molar-refractivity contribution in [3.63, 3.8) is 0 Å². The summed E-state index contributed by atoms with van der Waals surface area (Å²) in [5, 5.41) is 8.86. The third-order valence-corrected chi connectivity index (χ3v) is 6.52. The van der Waals surface area contributed by atoms with Crippen molar-refractivity contribution in [3.8, 4) is 0 Å². The summed E-state index contributed by atoms with van der Waals surface area (Å²) in [6, 6.07) is 2.74. The Kier molecular flexibility index (Phi) is 4.55. The van der Waals surface area contributed by atoms with Crippen LogP contribution in [0.15, 0.2) is 22.8 Å². The van der Waals surface area contributed by atoms with Gasteiger partial charge in [0.05, 0.1) is 18.3 Å². The van der Waals surface area contributed by atoms with Crippen LogP contribution in [0.4, 0.5) is 4.79 Å². The van der Waals surface area contributed by atoms with Crippen molar-refractivity contribution >= 4 is 11.9 Å². The Hall–Kier alpha value is -1.82. The Morgan fingerprint density at radius 2 is 1.73 bits per heavy atom. The number of hydrogen-bond acceptors (Lipinski definition) is 4. The fourth-order valence-corrected chi connectivity index (χ4v) is 5.83. The number of urea groups is 1. The predicted octanol–water partition coefficient (Wildman–Crippen LogP) is 3.11. The van der Waals surface area contributed by atoms with Gasteiger partial charge in [0.15, 0.2) is 0 Å². The van der Waals surface area contributed by atoms with Crippen LogP contribution >= 0.6 is 0 Å². The van der Waals surface area contributed by atoms with E-state index in [1.165, 1.54) is 19.3 Å². The van der Waals surface area contributed by atoms with Gasteiger partial charge < -0.3 is 9.73 Å². The summed E-state index contributed by atoms with van der Waals surface area (Å²) >= 11 is 0. The maximum atomic E-state index is 12.5. The normalized spacial score (nSPS) is 34.3. The van der Waals surface area contributed by atoms with Gasteiger partial charge >= 0.3 is 6.03 Å². The van der Waals surface area contributed by atoms with E-state index in [1.54, 1.807) is 13.2 Å². The summed E-state index contributed by atoms with van der Waals surface area (Å²) in [4.78, 5) is 24.8. The number of amides is 3. The molecule has 2 atom stereocenters. The molecule has 1 aromatic heterocycles. The minimum atomic E-state index is -0.489. The van der Waals surface area contributed by atoms with Gasteiger partial charge in [-0.2, -0.15) is 0 Å². The third-order valence-electron chi connectivity index (χ3n) is 6.52. The van der Waals surface area contributed by atoms with Crippen LogP contribution in [-0.4, -0.2) is 23.5 Å². The highest BCUT2D eigenvalue weighted by Crippen LogP contribution is 2.55. The van der Waals surface area contributed by atoms with Crippen LogP contribution in [0.3, 0.4) is 0 Å². The van der Waals surface area contributed by atoms with Crippen molar-refractivity contribution < 1.29 is 14.0 Å². The molecule has 26 heavy (non-hydrogen) atoms. The standard InChI is InChI=1S/C20H29N3O3/c1-12(17-4-3-5-26-17)21-13(2)18(24)22-19(25)23-20-9-14-6-15(10-20)8-16(7-14)11-20/h3-5,12-16,21H,6-11H2,1-2H3,(H2,22,23,24,25)/t12-,13-,14?,15?,16?,20?/m0/s1. The van der Waals surface area contributed by atoms with E-state index in [1.807, 2.05) is 19.1 Å². The number of hydrogen-bond donors (Lipinski definition) is 3. The summed E-state index contributed by atoms with van der Waals surface area (Å²) in [5.41, 5.74) is -0.0861.